The Bertz CT molecular complexity index is 547. The second kappa shape index (κ2) is 5.32. The molecule has 0 bridgehead atoms. The van der Waals surface area contributed by atoms with Gasteiger partial charge in [0.15, 0.2) is 5.76 Å². The number of amides is 1. The molecule has 0 aliphatic carbocycles. The summed E-state index contributed by atoms with van der Waals surface area (Å²) in [6.45, 7) is 4.53. The van der Waals surface area contributed by atoms with E-state index in [4.69, 9.17) is 14.9 Å². The number of nitrogens with zero attached hydrogens (tertiary/aromatic N) is 1. The number of ether oxygens (including phenoxy) is 1. The maximum absolute atomic E-state index is 11.0. The van der Waals surface area contributed by atoms with Gasteiger partial charge < -0.3 is 14.9 Å². The van der Waals surface area contributed by atoms with E-state index < -0.39 is 5.91 Å². The van der Waals surface area contributed by atoms with Crippen LogP contribution < -0.4 is 5.73 Å². The van der Waals surface area contributed by atoms with Crippen LogP contribution in [0, 0.1) is 0 Å². The molecule has 2 aromatic rings. The van der Waals surface area contributed by atoms with Crippen molar-refractivity contribution in [1.82, 2.24) is 4.98 Å². The van der Waals surface area contributed by atoms with Crippen LogP contribution >= 0.6 is 11.3 Å². The average molecular weight is 266 g/mol. The monoisotopic (exact) mass is 266 g/mol. The Hall–Kier alpha value is -1.66. The molecule has 0 saturated carbocycles. The minimum atomic E-state index is -0.511. The van der Waals surface area contributed by atoms with E-state index in [-0.39, 0.29) is 6.10 Å². The normalized spacial score (nSPS) is 12.6. The van der Waals surface area contributed by atoms with Gasteiger partial charge in [0, 0.05) is 12.0 Å². The molecule has 0 fully saturated rings. The fourth-order valence-corrected chi connectivity index (χ4v) is 2.32. The van der Waals surface area contributed by atoms with Crippen molar-refractivity contribution in [3.63, 3.8) is 0 Å². The van der Waals surface area contributed by atoms with Crippen molar-refractivity contribution in [3.8, 4) is 11.5 Å². The van der Waals surface area contributed by atoms with Crippen LogP contribution in [-0.2, 0) is 4.74 Å². The van der Waals surface area contributed by atoms with E-state index in [1.54, 1.807) is 6.07 Å². The van der Waals surface area contributed by atoms with Crippen molar-refractivity contribution < 1.29 is 13.9 Å². The Morgan fingerprint density at radius 1 is 1.67 bits per heavy atom. The van der Waals surface area contributed by atoms with E-state index in [9.17, 15) is 4.79 Å². The Morgan fingerprint density at radius 3 is 3.06 bits per heavy atom. The Kier molecular flexibility index (Phi) is 3.78. The minimum Gasteiger partial charge on any atom is -0.462 e. The molecule has 1 amide bonds. The molecule has 5 nitrogen and oxygen atoms in total. The molecule has 0 aliphatic heterocycles. The van der Waals surface area contributed by atoms with E-state index in [0.29, 0.717) is 23.6 Å². The molecule has 1 atom stereocenters. The SMILES string of the molecule is CCO[C@@H](C)c1nc(-c2cc(C(N)=O)co2)cs1. The van der Waals surface area contributed by atoms with Gasteiger partial charge in [0.05, 0.1) is 5.56 Å². The summed E-state index contributed by atoms with van der Waals surface area (Å²) in [6, 6.07) is 1.59. The van der Waals surface area contributed by atoms with Crippen LogP contribution in [-0.4, -0.2) is 17.5 Å². The highest BCUT2D eigenvalue weighted by Gasteiger charge is 2.14. The first-order chi connectivity index (χ1) is 8.61. The number of thiazole rings is 1. The third-order valence-corrected chi connectivity index (χ3v) is 3.43. The first-order valence-corrected chi connectivity index (χ1v) is 6.45. The highest BCUT2D eigenvalue weighted by Crippen LogP contribution is 2.28. The number of hydrogen-bond acceptors (Lipinski definition) is 5. The molecule has 6 heteroatoms. The van der Waals surface area contributed by atoms with Gasteiger partial charge in [-0.05, 0) is 19.9 Å². The summed E-state index contributed by atoms with van der Waals surface area (Å²) in [5.74, 6) is 0.0261. The third-order valence-electron chi connectivity index (χ3n) is 2.42. The second-order valence-electron chi connectivity index (χ2n) is 3.73. The largest absolute Gasteiger partial charge is 0.462 e. The number of aromatic nitrogens is 1. The predicted octanol–water partition coefficient (Wildman–Crippen LogP) is 2.60. The lowest BCUT2D eigenvalue weighted by Gasteiger charge is -2.06. The zero-order chi connectivity index (χ0) is 13.1. The lowest BCUT2D eigenvalue weighted by molar-refractivity contribution is 0.0762. The smallest absolute Gasteiger partial charge is 0.251 e. The van der Waals surface area contributed by atoms with E-state index in [2.05, 4.69) is 4.98 Å². The molecular formula is C12H14N2O3S. The molecule has 0 saturated heterocycles. The van der Waals surface area contributed by atoms with Gasteiger partial charge >= 0.3 is 0 Å². The maximum Gasteiger partial charge on any atom is 0.251 e. The second-order valence-corrected chi connectivity index (χ2v) is 4.62. The lowest BCUT2D eigenvalue weighted by Crippen LogP contribution is -2.09. The summed E-state index contributed by atoms with van der Waals surface area (Å²) in [7, 11) is 0. The Morgan fingerprint density at radius 2 is 2.44 bits per heavy atom. The number of hydrogen-bond donors (Lipinski definition) is 1. The van der Waals surface area contributed by atoms with Crippen molar-refractivity contribution in [1.29, 1.82) is 0 Å². The van der Waals surface area contributed by atoms with Crippen molar-refractivity contribution in [2.75, 3.05) is 6.61 Å². The average Bonchev–Trinajstić information content (AvgIpc) is 2.98. The van der Waals surface area contributed by atoms with E-state index in [0.717, 1.165) is 5.01 Å². The molecule has 0 radical (unpaired) electrons. The van der Waals surface area contributed by atoms with Crippen molar-refractivity contribution >= 4 is 17.2 Å². The van der Waals surface area contributed by atoms with Crippen molar-refractivity contribution in [2.45, 2.75) is 20.0 Å². The van der Waals surface area contributed by atoms with Gasteiger partial charge in [-0.2, -0.15) is 0 Å². The minimum absolute atomic E-state index is 0.0423. The maximum atomic E-state index is 11.0. The lowest BCUT2D eigenvalue weighted by atomic mass is 10.3. The Balaban J connectivity index is 2.20. The quantitative estimate of drug-likeness (QED) is 0.902. The highest BCUT2D eigenvalue weighted by atomic mass is 32.1. The molecule has 0 spiro atoms. The van der Waals surface area contributed by atoms with Crippen LogP contribution in [0.25, 0.3) is 11.5 Å². The molecule has 0 aliphatic rings. The molecule has 2 rings (SSSR count). The van der Waals surface area contributed by atoms with E-state index in [1.807, 2.05) is 19.2 Å². The van der Waals surface area contributed by atoms with E-state index in [1.165, 1.54) is 17.6 Å². The predicted molar refractivity (Wildman–Crippen MR) is 68.4 cm³/mol. The standard InChI is InChI=1S/C12H14N2O3S/c1-3-16-7(2)12-14-9(6-18-12)10-4-8(5-17-10)11(13)15/h4-7H,3H2,1-2H3,(H2,13,15)/t7-/m0/s1. The zero-order valence-corrected chi connectivity index (χ0v) is 11.0. The molecule has 2 heterocycles. The molecule has 0 unspecified atom stereocenters. The summed E-state index contributed by atoms with van der Waals surface area (Å²) < 4.78 is 10.7. The van der Waals surface area contributed by atoms with Crippen molar-refractivity contribution in [3.05, 3.63) is 28.3 Å². The fourth-order valence-electron chi connectivity index (χ4n) is 1.51. The van der Waals surface area contributed by atoms with E-state index >= 15 is 0 Å². The van der Waals surface area contributed by atoms with Crippen molar-refractivity contribution in [2.24, 2.45) is 5.73 Å². The molecule has 18 heavy (non-hydrogen) atoms. The molecule has 2 N–H and O–H groups in total. The van der Waals surface area contributed by atoms with Gasteiger partial charge in [0.25, 0.3) is 5.91 Å². The van der Waals surface area contributed by atoms with Gasteiger partial charge in [0.1, 0.15) is 23.1 Å². The van der Waals surface area contributed by atoms with Gasteiger partial charge in [-0.3, -0.25) is 4.79 Å². The van der Waals surface area contributed by atoms with Gasteiger partial charge in [0.2, 0.25) is 0 Å². The first-order valence-electron chi connectivity index (χ1n) is 5.57. The number of primary amides is 1. The summed E-state index contributed by atoms with van der Waals surface area (Å²) in [5, 5.41) is 2.75. The summed E-state index contributed by atoms with van der Waals surface area (Å²) >= 11 is 1.50. The number of nitrogens with two attached hydrogens (primary N) is 1. The Labute approximate surface area is 109 Å². The topological polar surface area (TPSA) is 78.4 Å². The van der Waals surface area contributed by atoms with Crippen LogP contribution in [0.5, 0.6) is 0 Å². The van der Waals surface area contributed by atoms with Crippen LogP contribution in [0.1, 0.15) is 35.3 Å². The van der Waals surface area contributed by atoms with Crippen LogP contribution in [0.15, 0.2) is 22.1 Å². The number of carbonyl (C=O) groups is 1. The first kappa shape index (κ1) is 12.8. The summed E-state index contributed by atoms with van der Waals surface area (Å²) in [5.41, 5.74) is 6.20. The van der Waals surface area contributed by atoms with Gasteiger partial charge in [-0.1, -0.05) is 0 Å². The number of carbonyl (C=O) groups excluding carboxylic acids is 1. The molecular weight excluding hydrogens is 252 g/mol. The van der Waals surface area contributed by atoms with Crippen LogP contribution in [0.2, 0.25) is 0 Å². The number of rotatable bonds is 5. The summed E-state index contributed by atoms with van der Waals surface area (Å²) in [4.78, 5) is 15.4. The van der Waals surface area contributed by atoms with Gasteiger partial charge in [-0.15, -0.1) is 11.3 Å². The molecule has 0 aromatic carbocycles. The molecule has 2 aromatic heterocycles. The molecule has 96 valence electrons. The van der Waals surface area contributed by atoms with Crippen LogP contribution in [0.4, 0.5) is 0 Å². The van der Waals surface area contributed by atoms with Gasteiger partial charge in [-0.25, -0.2) is 4.98 Å². The fraction of sp³-hybridized carbons (Fsp3) is 0.333. The third kappa shape index (κ3) is 2.60. The highest BCUT2D eigenvalue weighted by molar-refractivity contribution is 7.10. The number of furan rings is 1. The van der Waals surface area contributed by atoms with Crippen LogP contribution in [0.3, 0.4) is 0 Å². The zero-order valence-electron chi connectivity index (χ0n) is 10.2. The summed E-state index contributed by atoms with van der Waals surface area (Å²) in [6.07, 6.45) is 1.29.